The van der Waals surface area contributed by atoms with Crippen molar-refractivity contribution < 1.29 is 4.79 Å². The van der Waals surface area contributed by atoms with E-state index in [4.69, 9.17) is 0 Å². The molecule has 16 heavy (non-hydrogen) atoms. The number of urea groups is 1. The van der Waals surface area contributed by atoms with Gasteiger partial charge < -0.3 is 10.2 Å². The smallest absolute Gasteiger partial charge is 0.321 e. The number of hydrogen-bond acceptors (Lipinski definition) is 1. The van der Waals surface area contributed by atoms with Crippen LogP contribution in [0.25, 0.3) is 0 Å². The molecule has 0 saturated heterocycles. The van der Waals surface area contributed by atoms with Crippen LogP contribution in [0.15, 0.2) is 18.2 Å². The number of rotatable bonds is 1. The van der Waals surface area contributed by atoms with Crippen molar-refractivity contribution in [3.63, 3.8) is 0 Å². The maximum atomic E-state index is 11.5. The number of anilines is 1. The van der Waals surface area contributed by atoms with Crippen LogP contribution in [0.3, 0.4) is 0 Å². The number of carbonyl (C=O) groups excluding carboxylic acids is 1. The van der Waals surface area contributed by atoms with E-state index in [1.807, 2.05) is 6.07 Å². The minimum atomic E-state index is -0.0734. The van der Waals surface area contributed by atoms with E-state index in [9.17, 15) is 4.79 Å². The van der Waals surface area contributed by atoms with Crippen LogP contribution in [0.1, 0.15) is 24.0 Å². The highest BCUT2D eigenvalue weighted by Gasteiger charge is 2.10. The highest BCUT2D eigenvalue weighted by atomic mass is 16.2. The molecule has 3 heteroatoms. The van der Waals surface area contributed by atoms with Crippen molar-refractivity contribution in [3.8, 4) is 0 Å². The van der Waals surface area contributed by atoms with Crippen LogP contribution >= 0.6 is 0 Å². The number of carbonyl (C=O) groups is 1. The fraction of sp³-hybridized carbons (Fsp3) is 0.462. The van der Waals surface area contributed by atoms with E-state index in [1.165, 1.54) is 30.4 Å². The van der Waals surface area contributed by atoms with Gasteiger partial charge in [0.15, 0.2) is 0 Å². The molecule has 1 aromatic rings. The summed E-state index contributed by atoms with van der Waals surface area (Å²) in [6.45, 7) is 0. The Kier molecular flexibility index (Phi) is 3.13. The Morgan fingerprint density at radius 2 is 1.88 bits per heavy atom. The van der Waals surface area contributed by atoms with Crippen molar-refractivity contribution in [1.29, 1.82) is 0 Å². The summed E-state index contributed by atoms with van der Waals surface area (Å²) in [7, 11) is 3.49. The monoisotopic (exact) mass is 218 g/mol. The normalized spacial score (nSPS) is 14.1. The van der Waals surface area contributed by atoms with Gasteiger partial charge in [-0.3, -0.25) is 0 Å². The molecule has 0 saturated carbocycles. The molecule has 86 valence electrons. The first kappa shape index (κ1) is 11.0. The van der Waals surface area contributed by atoms with Crippen molar-refractivity contribution in [1.82, 2.24) is 4.90 Å². The number of fused-ring (bicyclic) bond motifs is 1. The van der Waals surface area contributed by atoms with Crippen LogP contribution in [0.2, 0.25) is 0 Å². The molecule has 2 rings (SSSR count). The number of nitrogens with one attached hydrogen (secondary N) is 1. The summed E-state index contributed by atoms with van der Waals surface area (Å²) in [5.41, 5.74) is 3.73. The maximum absolute atomic E-state index is 11.5. The first-order chi connectivity index (χ1) is 7.66. The summed E-state index contributed by atoms with van der Waals surface area (Å²) in [5, 5.41) is 2.88. The zero-order valence-electron chi connectivity index (χ0n) is 9.92. The Balaban J connectivity index is 2.14. The molecule has 1 aromatic carbocycles. The first-order valence-electron chi connectivity index (χ1n) is 5.77. The van der Waals surface area contributed by atoms with E-state index >= 15 is 0 Å². The fourth-order valence-corrected chi connectivity index (χ4v) is 2.05. The Labute approximate surface area is 96.5 Å². The summed E-state index contributed by atoms with van der Waals surface area (Å²) in [5.74, 6) is 0. The lowest BCUT2D eigenvalue weighted by molar-refractivity contribution is 0.230. The van der Waals surface area contributed by atoms with Gasteiger partial charge in [-0.15, -0.1) is 0 Å². The Hall–Kier alpha value is -1.51. The van der Waals surface area contributed by atoms with Gasteiger partial charge in [-0.25, -0.2) is 4.79 Å². The lowest BCUT2D eigenvalue weighted by atomic mass is 9.91. The van der Waals surface area contributed by atoms with Gasteiger partial charge in [0.05, 0.1) is 0 Å². The molecular formula is C13H18N2O. The van der Waals surface area contributed by atoms with E-state index < -0.39 is 0 Å². The average molecular weight is 218 g/mol. The molecule has 0 spiro atoms. The minimum Gasteiger partial charge on any atom is -0.331 e. The van der Waals surface area contributed by atoms with Crippen LogP contribution in [-0.2, 0) is 12.8 Å². The third kappa shape index (κ3) is 2.35. The first-order valence-corrected chi connectivity index (χ1v) is 5.77. The van der Waals surface area contributed by atoms with Crippen molar-refractivity contribution in [2.45, 2.75) is 25.7 Å². The Morgan fingerprint density at radius 1 is 1.19 bits per heavy atom. The van der Waals surface area contributed by atoms with Gasteiger partial charge >= 0.3 is 6.03 Å². The van der Waals surface area contributed by atoms with Crippen LogP contribution in [-0.4, -0.2) is 25.0 Å². The number of amides is 2. The van der Waals surface area contributed by atoms with Crippen LogP contribution < -0.4 is 5.32 Å². The molecule has 0 bridgehead atoms. The van der Waals surface area contributed by atoms with E-state index in [2.05, 4.69) is 17.4 Å². The van der Waals surface area contributed by atoms with Gasteiger partial charge in [0.1, 0.15) is 0 Å². The Bertz CT molecular complexity index is 399. The standard InChI is InChI=1S/C13H18N2O/c1-15(2)13(16)14-12-8-7-10-5-3-4-6-11(10)9-12/h7-9H,3-6H2,1-2H3,(H,14,16). The van der Waals surface area contributed by atoms with Gasteiger partial charge in [-0.05, 0) is 48.9 Å². The van der Waals surface area contributed by atoms with E-state index in [1.54, 1.807) is 19.0 Å². The molecule has 0 aromatic heterocycles. The number of nitrogens with zero attached hydrogens (tertiary/aromatic N) is 1. The van der Waals surface area contributed by atoms with Crippen molar-refractivity contribution in [2.75, 3.05) is 19.4 Å². The lowest BCUT2D eigenvalue weighted by Crippen LogP contribution is -2.27. The third-order valence-electron chi connectivity index (χ3n) is 3.01. The van der Waals surface area contributed by atoms with Gasteiger partial charge in [-0.1, -0.05) is 6.07 Å². The second-order valence-corrected chi connectivity index (χ2v) is 4.52. The van der Waals surface area contributed by atoms with Crippen LogP contribution in [0.5, 0.6) is 0 Å². The zero-order valence-corrected chi connectivity index (χ0v) is 9.92. The summed E-state index contributed by atoms with van der Waals surface area (Å²) in [4.78, 5) is 13.0. The summed E-state index contributed by atoms with van der Waals surface area (Å²) < 4.78 is 0. The fourth-order valence-electron chi connectivity index (χ4n) is 2.05. The SMILES string of the molecule is CN(C)C(=O)Nc1ccc2c(c1)CCCC2. The van der Waals surface area contributed by atoms with Gasteiger partial charge in [0, 0.05) is 19.8 Å². The quantitative estimate of drug-likeness (QED) is 0.772. The summed E-state index contributed by atoms with van der Waals surface area (Å²) in [6, 6.07) is 6.16. The van der Waals surface area contributed by atoms with Gasteiger partial charge in [-0.2, -0.15) is 0 Å². The summed E-state index contributed by atoms with van der Waals surface area (Å²) in [6.07, 6.45) is 4.87. The second-order valence-electron chi connectivity index (χ2n) is 4.52. The number of benzene rings is 1. The molecule has 2 amide bonds. The van der Waals surface area contributed by atoms with Gasteiger partial charge in [0.2, 0.25) is 0 Å². The number of hydrogen-bond donors (Lipinski definition) is 1. The lowest BCUT2D eigenvalue weighted by Gasteiger charge is -2.18. The number of aryl methyl sites for hydroxylation is 2. The molecule has 1 aliphatic carbocycles. The largest absolute Gasteiger partial charge is 0.331 e. The van der Waals surface area contributed by atoms with E-state index in [0.29, 0.717) is 0 Å². The zero-order chi connectivity index (χ0) is 11.5. The predicted octanol–water partition coefficient (Wildman–Crippen LogP) is 2.66. The third-order valence-corrected chi connectivity index (χ3v) is 3.01. The molecular weight excluding hydrogens is 200 g/mol. The predicted molar refractivity (Wildman–Crippen MR) is 65.8 cm³/mol. The highest BCUT2D eigenvalue weighted by Crippen LogP contribution is 2.24. The van der Waals surface area contributed by atoms with Gasteiger partial charge in [0.25, 0.3) is 0 Å². The molecule has 0 unspecified atom stereocenters. The van der Waals surface area contributed by atoms with Crippen LogP contribution in [0, 0.1) is 0 Å². The van der Waals surface area contributed by atoms with E-state index in [0.717, 1.165) is 12.1 Å². The van der Waals surface area contributed by atoms with E-state index in [-0.39, 0.29) is 6.03 Å². The van der Waals surface area contributed by atoms with Crippen molar-refractivity contribution in [3.05, 3.63) is 29.3 Å². The minimum absolute atomic E-state index is 0.0734. The van der Waals surface area contributed by atoms with Crippen molar-refractivity contribution >= 4 is 11.7 Å². The molecule has 0 heterocycles. The topological polar surface area (TPSA) is 32.3 Å². The summed E-state index contributed by atoms with van der Waals surface area (Å²) >= 11 is 0. The molecule has 0 radical (unpaired) electrons. The molecule has 1 aliphatic rings. The molecule has 3 nitrogen and oxygen atoms in total. The maximum Gasteiger partial charge on any atom is 0.321 e. The van der Waals surface area contributed by atoms with Crippen molar-refractivity contribution in [2.24, 2.45) is 0 Å². The average Bonchev–Trinajstić information content (AvgIpc) is 2.28. The van der Waals surface area contributed by atoms with Crippen LogP contribution in [0.4, 0.5) is 10.5 Å². The molecule has 0 aliphatic heterocycles. The molecule has 0 atom stereocenters. The molecule has 0 fully saturated rings. The second kappa shape index (κ2) is 4.56. The highest BCUT2D eigenvalue weighted by molar-refractivity contribution is 5.89. The Morgan fingerprint density at radius 3 is 2.56 bits per heavy atom. The molecule has 1 N–H and O–H groups in total.